The number of hydrogen-bond acceptors (Lipinski definition) is 4. The van der Waals surface area contributed by atoms with Crippen LogP contribution in [0.25, 0.3) is 0 Å². The highest BCUT2D eigenvalue weighted by Gasteiger charge is 2.28. The van der Waals surface area contributed by atoms with Crippen molar-refractivity contribution in [3.63, 3.8) is 0 Å². The van der Waals surface area contributed by atoms with Crippen LogP contribution in [0.15, 0.2) is 42.5 Å². The molecule has 2 aliphatic heterocycles. The predicted molar refractivity (Wildman–Crippen MR) is 101 cm³/mol. The number of amides is 2. The molecule has 138 valence electrons. The van der Waals surface area contributed by atoms with Crippen LogP contribution in [0.1, 0.15) is 29.3 Å². The summed E-state index contributed by atoms with van der Waals surface area (Å²) < 4.78 is 5.44. The summed E-state index contributed by atoms with van der Waals surface area (Å²) in [4.78, 5) is 39.9. The lowest BCUT2D eigenvalue weighted by atomic mass is 10.1. The second kappa shape index (κ2) is 6.87. The highest BCUT2D eigenvalue weighted by molar-refractivity contribution is 6.01. The number of fused-ring (bicyclic) bond motifs is 2. The molecule has 2 aromatic rings. The zero-order chi connectivity index (χ0) is 19.0. The molecule has 0 N–H and O–H groups in total. The molecule has 0 bridgehead atoms. The number of rotatable bonds is 4. The Labute approximate surface area is 157 Å². The molecule has 27 heavy (non-hydrogen) atoms. The second-order valence-electron chi connectivity index (χ2n) is 6.75. The van der Waals surface area contributed by atoms with E-state index in [1.165, 1.54) is 6.92 Å². The van der Waals surface area contributed by atoms with Gasteiger partial charge in [0.2, 0.25) is 5.91 Å². The van der Waals surface area contributed by atoms with Gasteiger partial charge >= 0.3 is 0 Å². The van der Waals surface area contributed by atoms with Gasteiger partial charge in [0.05, 0.1) is 5.69 Å². The summed E-state index contributed by atoms with van der Waals surface area (Å²) in [5.41, 5.74) is 3.25. The number of para-hydroxylation sites is 2. The van der Waals surface area contributed by atoms with Crippen LogP contribution >= 0.6 is 0 Å². The molecular formula is C21H20N2O4. The van der Waals surface area contributed by atoms with E-state index in [0.29, 0.717) is 30.1 Å². The zero-order valence-corrected chi connectivity index (χ0v) is 15.1. The highest BCUT2D eigenvalue weighted by atomic mass is 16.5. The first-order chi connectivity index (χ1) is 13.0. The minimum Gasteiger partial charge on any atom is -0.482 e. The minimum absolute atomic E-state index is 0.00836. The van der Waals surface area contributed by atoms with E-state index in [2.05, 4.69) is 0 Å². The van der Waals surface area contributed by atoms with Gasteiger partial charge in [0, 0.05) is 30.8 Å². The molecule has 4 rings (SSSR count). The lowest BCUT2D eigenvalue weighted by molar-refractivity contribution is -0.121. The van der Waals surface area contributed by atoms with Crippen molar-refractivity contribution >= 4 is 29.0 Å². The average molecular weight is 364 g/mol. The van der Waals surface area contributed by atoms with Crippen molar-refractivity contribution in [3.05, 3.63) is 53.6 Å². The Morgan fingerprint density at radius 3 is 2.74 bits per heavy atom. The van der Waals surface area contributed by atoms with Crippen LogP contribution in [0, 0.1) is 0 Å². The van der Waals surface area contributed by atoms with Crippen molar-refractivity contribution in [1.29, 1.82) is 0 Å². The Kier molecular flexibility index (Phi) is 4.39. The van der Waals surface area contributed by atoms with Crippen molar-refractivity contribution in [2.45, 2.75) is 19.8 Å². The number of carbonyl (C=O) groups excluding carboxylic acids is 3. The van der Waals surface area contributed by atoms with Crippen molar-refractivity contribution in [3.8, 4) is 5.75 Å². The van der Waals surface area contributed by atoms with Gasteiger partial charge in [-0.25, -0.2) is 0 Å². The number of ether oxygens (including phenoxy) is 1. The van der Waals surface area contributed by atoms with E-state index >= 15 is 0 Å². The van der Waals surface area contributed by atoms with Crippen LogP contribution in [-0.4, -0.2) is 37.3 Å². The molecule has 6 heteroatoms. The minimum atomic E-state index is -0.144. The van der Waals surface area contributed by atoms with Gasteiger partial charge in [-0.15, -0.1) is 0 Å². The van der Waals surface area contributed by atoms with Crippen LogP contribution in [0.2, 0.25) is 0 Å². The van der Waals surface area contributed by atoms with E-state index in [0.717, 1.165) is 17.7 Å². The average Bonchev–Trinajstić information content (AvgIpc) is 3.10. The van der Waals surface area contributed by atoms with E-state index in [1.54, 1.807) is 15.9 Å². The summed E-state index contributed by atoms with van der Waals surface area (Å²) in [5, 5.41) is 0. The normalized spacial score (nSPS) is 15.2. The molecule has 0 aliphatic carbocycles. The fraction of sp³-hybridized carbons (Fsp3) is 0.286. The lowest BCUT2D eigenvalue weighted by Gasteiger charge is -2.29. The molecule has 0 radical (unpaired) electrons. The molecule has 0 unspecified atom stereocenters. The van der Waals surface area contributed by atoms with Crippen LogP contribution in [0.4, 0.5) is 11.4 Å². The van der Waals surface area contributed by atoms with E-state index in [-0.39, 0.29) is 30.6 Å². The fourth-order valence-corrected chi connectivity index (χ4v) is 3.62. The van der Waals surface area contributed by atoms with Gasteiger partial charge in [-0.3, -0.25) is 14.4 Å². The lowest BCUT2D eigenvalue weighted by Crippen LogP contribution is -2.41. The topological polar surface area (TPSA) is 66.9 Å². The van der Waals surface area contributed by atoms with Crippen molar-refractivity contribution < 1.29 is 19.1 Å². The van der Waals surface area contributed by atoms with Gasteiger partial charge in [0.25, 0.3) is 5.91 Å². The number of nitrogens with zero attached hydrogens (tertiary/aromatic N) is 2. The summed E-state index contributed by atoms with van der Waals surface area (Å²) >= 11 is 0. The van der Waals surface area contributed by atoms with E-state index in [1.807, 2.05) is 36.4 Å². The standard InChI is InChI=1S/C21H20N2O4/c1-14(24)15-6-7-17-16(12-15)8-10-22(17)20(25)9-11-23-18-4-2-3-5-19(18)27-13-21(23)26/h2-7,12H,8-11,13H2,1H3. The Hall–Kier alpha value is -3.15. The van der Waals surface area contributed by atoms with Crippen molar-refractivity contribution in [1.82, 2.24) is 0 Å². The Balaban J connectivity index is 1.47. The second-order valence-corrected chi connectivity index (χ2v) is 6.75. The third-order valence-corrected chi connectivity index (χ3v) is 5.04. The summed E-state index contributed by atoms with van der Waals surface area (Å²) in [6.07, 6.45) is 0.968. The molecule has 0 atom stereocenters. The molecule has 6 nitrogen and oxygen atoms in total. The third-order valence-electron chi connectivity index (χ3n) is 5.04. The zero-order valence-electron chi connectivity index (χ0n) is 15.1. The number of hydrogen-bond donors (Lipinski definition) is 0. The fourth-order valence-electron chi connectivity index (χ4n) is 3.62. The number of carbonyl (C=O) groups is 3. The molecule has 0 fully saturated rings. The molecule has 2 heterocycles. The SMILES string of the molecule is CC(=O)c1ccc2c(c1)CCN2C(=O)CCN1C(=O)COc2ccccc21. The predicted octanol–water partition coefficient (Wildman–Crippen LogP) is 2.59. The largest absolute Gasteiger partial charge is 0.482 e. The van der Waals surface area contributed by atoms with Crippen molar-refractivity contribution in [2.24, 2.45) is 0 Å². The van der Waals surface area contributed by atoms with Gasteiger partial charge in [0.15, 0.2) is 12.4 Å². The Morgan fingerprint density at radius 1 is 1.11 bits per heavy atom. The van der Waals surface area contributed by atoms with Gasteiger partial charge in [-0.1, -0.05) is 12.1 Å². The summed E-state index contributed by atoms with van der Waals surface area (Å²) in [6.45, 7) is 2.45. The van der Waals surface area contributed by atoms with Crippen LogP contribution in [0.3, 0.4) is 0 Å². The number of benzene rings is 2. The van der Waals surface area contributed by atoms with E-state index < -0.39 is 0 Å². The first-order valence-corrected chi connectivity index (χ1v) is 9.01. The van der Waals surface area contributed by atoms with Crippen molar-refractivity contribution in [2.75, 3.05) is 29.5 Å². The van der Waals surface area contributed by atoms with Gasteiger partial charge in [-0.2, -0.15) is 0 Å². The van der Waals surface area contributed by atoms with E-state index in [4.69, 9.17) is 4.74 Å². The summed E-state index contributed by atoms with van der Waals surface area (Å²) in [6, 6.07) is 12.8. The Morgan fingerprint density at radius 2 is 1.93 bits per heavy atom. The van der Waals surface area contributed by atoms with E-state index in [9.17, 15) is 14.4 Å². The quantitative estimate of drug-likeness (QED) is 0.782. The molecule has 0 aromatic heterocycles. The highest BCUT2D eigenvalue weighted by Crippen LogP contribution is 2.32. The maximum absolute atomic E-state index is 12.8. The molecule has 0 spiro atoms. The van der Waals surface area contributed by atoms with Gasteiger partial charge in [0.1, 0.15) is 5.75 Å². The molecule has 0 saturated heterocycles. The molecule has 0 saturated carbocycles. The van der Waals surface area contributed by atoms with Crippen LogP contribution in [0.5, 0.6) is 5.75 Å². The van der Waals surface area contributed by atoms with Crippen LogP contribution < -0.4 is 14.5 Å². The molecular weight excluding hydrogens is 344 g/mol. The monoisotopic (exact) mass is 364 g/mol. The maximum atomic E-state index is 12.8. The Bertz CT molecular complexity index is 938. The number of anilines is 2. The smallest absolute Gasteiger partial charge is 0.265 e. The molecule has 2 aromatic carbocycles. The van der Waals surface area contributed by atoms with Gasteiger partial charge < -0.3 is 14.5 Å². The molecule has 2 aliphatic rings. The maximum Gasteiger partial charge on any atom is 0.265 e. The number of Topliss-reactive ketones (excluding diaryl/α,β-unsaturated/α-hetero) is 1. The first kappa shape index (κ1) is 17.3. The van der Waals surface area contributed by atoms with Gasteiger partial charge in [-0.05, 0) is 49.2 Å². The van der Waals surface area contributed by atoms with Crippen LogP contribution in [-0.2, 0) is 16.0 Å². The first-order valence-electron chi connectivity index (χ1n) is 9.01. The molecule has 2 amide bonds. The summed E-state index contributed by atoms with van der Waals surface area (Å²) in [7, 11) is 0. The number of ketones is 1. The summed E-state index contributed by atoms with van der Waals surface area (Å²) in [5.74, 6) is 0.510. The third kappa shape index (κ3) is 3.18.